The first-order chi connectivity index (χ1) is 13.7. The number of rotatable bonds is 6. The molecule has 0 saturated heterocycles. The number of aromatic nitrogens is 4. The Kier molecular flexibility index (Phi) is 4.90. The topological polar surface area (TPSA) is 102 Å². The minimum atomic E-state index is 0.268. The number of H-pyrrole nitrogens is 1. The fraction of sp³-hybridized carbons (Fsp3) is 0.190. The highest BCUT2D eigenvalue weighted by molar-refractivity contribution is 5.97. The monoisotopic (exact) mass is 374 g/mol. The molecule has 142 valence electrons. The van der Waals surface area contributed by atoms with E-state index in [1.165, 1.54) is 0 Å². The van der Waals surface area contributed by atoms with Gasteiger partial charge in [0.05, 0.1) is 12.6 Å². The minimum Gasteiger partial charge on any atom is -0.467 e. The van der Waals surface area contributed by atoms with Crippen molar-refractivity contribution in [2.45, 2.75) is 20.0 Å². The predicted molar refractivity (Wildman–Crippen MR) is 110 cm³/mol. The van der Waals surface area contributed by atoms with Gasteiger partial charge in [0, 0.05) is 29.7 Å². The Morgan fingerprint density at radius 1 is 1.04 bits per heavy atom. The van der Waals surface area contributed by atoms with E-state index in [0.29, 0.717) is 24.9 Å². The number of nitrogens with two attached hydrogens (primary N) is 1. The van der Waals surface area contributed by atoms with E-state index in [0.717, 1.165) is 33.3 Å². The molecule has 4 N–H and O–H groups in total. The van der Waals surface area contributed by atoms with Crippen molar-refractivity contribution in [3.05, 3.63) is 65.4 Å². The van der Waals surface area contributed by atoms with Crippen molar-refractivity contribution in [1.82, 2.24) is 19.9 Å². The number of ether oxygens (including phenoxy) is 1. The first kappa shape index (κ1) is 17.9. The van der Waals surface area contributed by atoms with Gasteiger partial charge in [-0.1, -0.05) is 48.5 Å². The van der Waals surface area contributed by atoms with Crippen LogP contribution in [0.15, 0.2) is 48.5 Å². The number of nitrogens with one attached hydrogen (secondary N) is 2. The number of hydrogen-bond acceptors (Lipinski definition) is 6. The highest BCUT2D eigenvalue weighted by atomic mass is 16.5. The van der Waals surface area contributed by atoms with E-state index in [1.807, 2.05) is 55.5 Å². The Labute approximate surface area is 163 Å². The molecule has 4 aromatic rings. The second kappa shape index (κ2) is 7.66. The van der Waals surface area contributed by atoms with Crippen molar-refractivity contribution in [2.24, 2.45) is 5.73 Å². The van der Waals surface area contributed by atoms with Gasteiger partial charge in [-0.3, -0.25) is 0 Å². The van der Waals surface area contributed by atoms with E-state index in [4.69, 9.17) is 10.5 Å². The number of aromatic amines is 1. The van der Waals surface area contributed by atoms with Crippen molar-refractivity contribution in [3.63, 3.8) is 0 Å². The van der Waals surface area contributed by atoms with Gasteiger partial charge in [-0.05, 0) is 18.1 Å². The fourth-order valence-electron chi connectivity index (χ4n) is 3.28. The van der Waals surface area contributed by atoms with Crippen molar-refractivity contribution in [3.8, 4) is 17.4 Å². The lowest BCUT2D eigenvalue weighted by Crippen LogP contribution is -2.07. The number of hydrogen-bond donors (Lipinski definition) is 3. The number of para-hydroxylation sites is 1. The van der Waals surface area contributed by atoms with Crippen molar-refractivity contribution >= 4 is 16.9 Å². The Hall–Kier alpha value is -3.45. The average Bonchev–Trinajstić information content (AvgIpc) is 3.08. The third kappa shape index (κ3) is 3.39. The number of anilines is 1. The first-order valence-electron chi connectivity index (χ1n) is 9.08. The van der Waals surface area contributed by atoms with Gasteiger partial charge in [-0.25, -0.2) is 0 Å². The van der Waals surface area contributed by atoms with Crippen LogP contribution in [0.2, 0.25) is 0 Å². The zero-order valence-electron chi connectivity index (χ0n) is 15.9. The molecule has 0 aliphatic rings. The van der Waals surface area contributed by atoms with E-state index < -0.39 is 0 Å². The van der Waals surface area contributed by atoms with E-state index >= 15 is 0 Å². The summed E-state index contributed by atoms with van der Waals surface area (Å²) in [5, 5.41) is 4.29. The molecule has 2 heterocycles. The van der Waals surface area contributed by atoms with Gasteiger partial charge in [0.25, 0.3) is 0 Å². The molecule has 7 heteroatoms. The maximum absolute atomic E-state index is 5.89. The standard InChI is InChI=1S/C21H22N6O/c1-13-17(16-10-6-9-15(11-22)18(16)24-13)19-25-20(27-21(26-19)28-2)23-12-14-7-4-3-5-8-14/h3-10,24H,11-12,22H2,1-2H3,(H,23,25,26,27). The predicted octanol–water partition coefficient (Wildman–Crippen LogP) is 3.41. The normalized spacial score (nSPS) is 11.0. The maximum atomic E-state index is 5.89. The Morgan fingerprint density at radius 2 is 1.86 bits per heavy atom. The molecule has 4 rings (SSSR count). The molecule has 28 heavy (non-hydrogen) atoms. The van der Waals surface area contributed by atoms with Crippen LogP contribution in [0, 0.1) is 6.92 Å². The Morgan fingerprint density at radius 3 is 2.61 bits per heavy atom. The number of aryl methyl sites for hydroxylation is 1. The van der Waals surface area contributed by atoms with Crippen LogP contribution in [0.25, 0.3) is 22.3 Å². The van der Waals surface area contributed by atoms with Gasteiger partial charge in [0.1, 0.15) is 0 Å². The van der Waals surface area contributed by atoms with Gasteiger partial charge >= 0.3 is 6.01 Å². The van der Waals surface area contributed by atoms with Crippen LogP contribution in [-0.4, -0.2) is 27.0 Å². The van der Waals surface area contributed by atoms with E-state index in [1.54, 1.807) is 7.11 Å². The fourth-order valence-corrected chi connectivity index (χ4v) is 3.28. The van der Waals surface area contributed by atoms with Crippen LogP contribution in [0.3, 0.4) is 0 Å². The summed E-state index contributed by atoms with van der Waals surface area (Å²) in [5.74, 6) is 1.02. The molecule has 0 spiro atoms. The summed E-state index contributed by atoms with van der Waals surface area (Å²) < 4.78 is 5.31. The van der Waals surface area contributed by atoms with Gasteiger partial charge in [-0.15, -0.1) is 0 Å². The Bertz CT molecular complexity index is 1110. The summed E-state index contributed by atoms with van der Waals surface area (Å²) in [6, 6.07) is 16.4. The molecule has 0 bridgehead atoms. The number of methoxy groups -OCH3 is 1. The zero-order chi connectivity index (χ0) is 19.5. The molecule has 0 fully saturated rings. The number of benzene rings is 2. The van der Waals surface area contributed by atoms with Gasteiger partial charge < -0.3 is 20.8 Å². The van der Waals surface area contributed by atoms with Gasteiger partial charge in [0.2, 0.25) is 5.95 Å². The molecule has 7 nitrogen and oxygen atoms in total. The molecule has 0 aliphatic carbocycles. The van der Waals surface area contributed by atoms with Crippen molar-refractivity contribution in [1.29, 1.82) is 0 Å². The van der Waals surface area contributed by atoms with Gasteiger partial charge in [-0.2, -0.15) is 15.0 Å². The lowest BCUT2D eigenvalue weighted by Gasteiger charge is -2.09. The van der Waals surface area contributed by atoms with Crippen LogP contribution in [-0.2, 0) is 13.1 Å². The van der Waals surface area contributed by atoms with Gasteiger partial charge in [0.15, 0.2) is 5.82 Å². The molecule has 0 atom stereocenters. The quantitative estimate of drug-likeness (QED) is 0.478. The smallest absolute Gasteiger partial charge is 0.321 e. The highest BCUT2D eigenvalue weighted by Crippen LogP contribution is 2.32. The second-order valence-corrected chi connectivity index (χ2v) is 6.48. The molecule has 2 aromatic carbocycles. The molecular weight excluding hydrogens is 352 g/mol. The summed E-state index contributed by atoms with van der Waals surface area (Å²) in [6.45, 7) is 3.07. The molecule has 0 unspecified atom stereocenters. The van der Waals surface area contributed by atoms with Crippen LogP contribution < -0.4 is 15.8 Å². The summed E-state index contributed by atoms with van der Waals surface area (Å²) in [6.07, 6.45) is 0. The lowest BCUT2D eigenvalue weighted by molar-refractivity contribution is 0.379. The summed E-state index contributed by atoms with van der Waals surface area (Å²) in [4.78, 5) is 16.9. The number of fused-ring (bicyclic) bond motifs is 1. The average molecular weight is 374 g/mol. The molecule has 0 radical (unpaired) electrons. The summed E-state index contributed by atoms with van der Waals surface area (Å²) >= 11 is 0. The molecular formula is C21H22N6O. The van der Waals surface area contributed by atoms with Crippen molar-refractivity contribution < 1.29 is 4.74 Å². The SMILES string of the molecule is COc1nc(NCc2ccccc2)nc(-c2c(C)[nH]c3c(CN)cccc23)n1. The summed E-state index contributed by atoms with van der Waals surface area (Å²) in [7, 11) is 1.55. The van der Waals surface area contributed by atoms with Crippen LogP contribution in [0.1, 0.15) is 16.8 Å². The van der Waals surface area contributed by atoms with E-state index in [9.17, 15) is 0 Å². The van der Waals surface area contributed by atoms with E-state index in [-0.39, 0.29) is 6.01 Å². The summed E-state index contributed by atoms with van der Waals surface area (Å²) in [5.41, 5.74) is 11.0. The van der Waals surface area contributed by atoms with Crippen molar-refractivity contribution in [2.75, 3.05) is 12.4 Å². The zero-order valence-corrected chi connectivity index (χ0v) is 15.9. The van der Waals surface area contributed by atoms with Crippen LogP contribution in [0.5, 0.6) is 6.01 Å². The highest BCUT2D eigenvalue weighted by Gasteiger charge is 2.17. The minimum absolute atomic E-state index is 0.268. The second-order valence-electron chi connectivity index (χ2n) is 6.48. The first-order valence-corrected chi connectivity index (χ1v) is 9.08. The molecule has 2 aromatic heterocycles. The number of nitrogens with zero attached hydrogens (tertiary/aromatic N) is 3. The molecule has 0 saturated carbocycles. The third-order valence-electron chi connectivity index (χ3n) is 4.64. The molecule has 0 amide bonds. The third-order valence-corrected chi connectivity index (χ3v) is 4.64. The van der Waals surface area contributed by atoms with Crippen LogP contribution in [0.4, 0.5) is 5.95 Å². The molecule has 0 aliphatic heterocycles. The lowest BCUT2D eigenvalue weighted by atomic mass is 10.1. The Balaban J connectivity index is 1.76. The largest absolute Gasteiger partial charge is 0.467 e. The maximum Gasteiger partial charge on any atom is 0.321 e. The van der Waals surface area contributed by atoms with E-state index in [2.05, 4.69) is 25.3 Å². The van der Waals surface area contributed by atoms with Crippen LogP contribution >= 0.6 is 0 Å².